The van der Waals surface area contributed by atoms with Crippen molar-refractivity contribution in [2.75, 3.05) is 33.2 Å². The first-order valence-corrected chi connectivity index (χ1v) is 16.9. The summed E-state index contributed by atoms with van der Waals surface area (Å²) in [7, 11) is 1.79. The minimum Gasteiger partial charge on any atom is -0.343 e. The number of hydrogen-bond acceptors (Lipinski definition) is 3. The van der Waals surface area contributed by atoms with E-state index in [1.807, 2.05) is 27.0 Å². The molecule has 1 atom stereocenters. The van der Waals surface area contributed by atoms with Crippen LogP contribution in [0, 0.1) is 18.8 Å². The fourth-order valence-corrected chi connectivity index (χ4v) is 8.05. The van der Waals surface area contributed by atoms with Gasteiger partial charge in [-0.1, -0.05) is 35.8 Å². The first-order valence-electron chi connectivity index (χ1n) is 15.3. The Balaban J connectivity index is 0.00000189. The van der Waals surface area contributed by atoms with Crippen molar-refractivity contribution < 1.29 is 4.79 Å². The van der Waals surface area contributed by atoms with Crippen molar-refractivity contribution in [3.8, 4) is 0 Å². The predicted molar refractivity (Wildman–Crippen MR) is 177 cm³/mol. The molecule has 6 nitrogen and oxygen atoms in total. The molecule has 0 bridgehead atoms. The SMILES string of the molecule is C/C=N\C(=NC)N1CCC(CC(=O)N2CCC(C3c4ncc(Br)cc4CCc4cc(C)cc(Br)c43)CC2)CC1.CC. The van der Waals surface area contributed by atoms with Crippen LogP contribution in [0.15, 0.2) is 43.3 Å². The minimum absolute atomic E-state index is 0.252. The number of piperidine rings is 2. The van der Waals surface area contributed by atoms with Crippen LogP contribution in [0.3, 0.4) is 0 Å². The van der Waals surface area contributed by atoms with Gasteiger partial charge in [0, 0.05) is 66.9 Å². The molecule has 5 rings (SSSR count). The molecule has 0 radical (unpaired) electrons. The van der Waals surface area contributed by atoms with Crippen LogP contribution in [0.1, 0.15) is 86.7 Å². The van der Waals surface area contributed by atoms with Crippen molar-refractivity contribution in [3.63, 3.8) is 0 Å². The molecule has 3 aliphatic rings. The molecule has 1 aromatic carbocycles. The van der Waals surface area contributed by atoms with E-state index in [2.05, 4.69) is 76.8 Å². The Morgan fingerprint density at radius 3 is 2.32 bits per heavy atom. The van der Waals surface area contributed by atoms with Gasteiger partial charge in [0.2, 0.25) is 11.9 Å². The van der Waals surface area contributed by atoms with Gasteiger partial charge in [0.05, 0.1) is 5.69 Å². The number of pyridine rings is 1. The topological polar surface area (TPSA) is 61.2 Å². The molecule has 222 valence electrons. The Morgan fingerprint density at radius 1 is 1.00 bits per heavy atom. The maximum atomic E-state index is 13.3. The second-order valence-corrected chi connectivity index (χ2v) is 13.0. The average molecular weight is 688 g/mol. The summed E-state index contributed by atoms with van der Waals surface area (Å²) in [5.74, 6) is 2.28. The molecule has 2 saturated heterocycles. The summed E-state index contributed by atoms with van der Waals surface area (Å²) in [6.45, 7) is 11.6. The summed E-state index contributed by atoms with van der Waals surface area (Å²) in [5, 5.41) is 0. The molecule has 2 aliphatic heterocycles. The van der Waals surface area contributed by atoms with Crippen molar-refractivity contribution in [2.45, 2.75) is 78.6 Å². The van der Waals surface area contributed by atoms with Gasteiger partial charge in [-0.25, -0.2) is 4.99 Å². The zero-order chi connectivity index (χ0) is 29.5. The van der Waals surface area contributed by atoms with E-state index < -0.39 is 0 Å². The first kappa shape index (κ1) is 31.9. The van der Waals surface area contributed by atoms with E-state index in [9.17, 15) is 4.79 Å². The lowest BCUT2D eigenvalue weighted by atomic mass is 9.76. The van der Waals surface area contributed by atoms with Crippen LogP contribution in [0.2, 0.25) is 0 Å². The summed E-state index contributed by atoms with van der Waals surface area (Å²) in [4.78, 5) is 31.4. The van der Waals surface area contributed by atoms with Gasteiger partial charge in [-0.2, -0.15) is 0 Å². The maximum absolute atomic E-state index is 13.3. The van der Waals surface area contributed by atoms with Crippen molar-refractivity contribution >= 4 is 49.9 Å². The Morgan fingerprint density at radius 2 is 1.66 bits per heavy atom. The zero-order valence-electron chi connectivity index (χ0n) is 25.3. The number of aryl methyl sites for hydroxylation is 3. The number of carbonyl (C=O) groups is 1. The van der Waals surface area contributed by atoms with E-state index in [0.29, 0.717) is 24.2 Å². The maximum Gasteiger partial charge on any atom is 0.222 e. The molecule has 2 aromatic rings. The number of benzene rings is 1. The molecular formula is C33H45Br2N5O. The Bertz CT molecular complexity index is 1260. The lowest BCUT2D eigenvalue weighted by molar-refractivity contribution is -0.134. The third-order valence-electron chi connectivity index (χ3n) is 8.77. The molecule has 3 heterocycles. The Labute approximate surface area is 263 Å². The highest BCUT2D eigenvalue weighted by molar-refractivity contribution is 9.10. The summed E-state index contributed by atoms with van der Waals surface area (Å²) >= 11 is 7.59. The lowest BCUT2D eigenvalue weighted by Crippen LogP contribution is -2.42. The lowest BCUT2D eigenvalue weighted by Gasteiger charge is -2.38. The Kier molecular flexibility index (Phi) is 11.6. The fraction of sp³-hybridized carbons (Fsp3) is 0.576. The van der Waals surface area contributed by atoms with Gasteiger partial charge < -0.3 is 9.80 Å². The number of halogens is 2. The van der Waals surface area contributed by atoms with Crippen LogP contribution in [0.5, 0.6) is 0 Å². The third kappa shape index (κ3) is 7.48. The molecule has 2 fully saturated rings. The number of amides is 1. The van der Waals surface area contributed by atoms with Gasteiger partial charge in [0.15, 0.2) is 0 Å². The molecule has 1 amide bonds. The fourth-order valence-electron chi connectivity index (χ4n) is 6.81. The Hall–Kier alpha value is -2.06. The van der Waals surface area contributed by atoms with Crippen molar-refractivity contribution in [3.05, 3.63) is 61.3 Å². The highest BCUT2D eigenvalue weighted by atomic mass is 79.9. The normalized spacial score (nSPS) is 20.3. The zero-order valence-corrected chi connectivity index (χ0v) is 28.5. The van der Waals surface area contributed by atoms with E-state index in [1.54, 1.807) is 13.3 Å². The second-order valence-electron chi connectivity index (χ2n) is 11.3. The summed E-state index contributed by atoms with van der Waals surface area (Å²) in [6, 6.07) is 6.88. The third-order valence-corrected chi connectivity index (χ3v) is 9.86. The molecule has 0 saturated carbocycles. The monoisotopic (exact) mass is 685 g/mol. The first-order chi connectivity index (χ1) is 19.9. The quantitative estimate of drug-likeness (QED) is 0.247. The van der Waals surface area contributed by atoms with Crippen LogP contribution in [-0.2, 0) is 17.6 Å². The van der Waals surface area contributed by atoms with E-state index in [0.717, 1.165) is 75.1 Å². The summed E-state index contributed by atoms with van der Waals surface area (Å²) < 4.78 is 2.24. The smallest absolute Gasteiger partial charge is 0.222 e. The van der Waals surface area contributed by atoms with Crippen molar-refractivity contribution in [1.29, 1.82) is 0 Å². The number of carbonyl (C=O) groups excluding carboxylic acids is 1. The van der Waals surface area contributed by atoms with Gasteiger partial charge in [-0.3, -0.25) is 14.8 Å². The molecule has 8 heteroatoms. The highest BCUT2D eigenvalue weighted by Gasteiger charge is 2.36. The number of nitrogens with zero attached hydrogens (tertiary/aromatic N) is 5. The molecular weight excluding hydrogens is 642 g/mol. The minimum atomic E-state index is 0.252. The molecule has 1 aliphatic carbocycles. The van der Waals surface area contributed by atoms with Crippen molar-refractivity contribution in [1.82, 2.24) is 14.8 Å². The number of hydrogen-bond donors (Lipinski definition) is 0. The van der Waals surface area contributed by atoms with Crippen LogP contribution >= 0.6 is 31.9 Å². The van der Waals surface area contributed by atoms with Gasteiger partial charge in [0.1, 0.15) is 0 Å². The van der Waals surface area contributed by atoms with E-state index >= 15 is 0 Å². The second kappa shape index (κ2) is 14.9. The van der Waals surface area contributed by atoms with Crippen LogP contribution in [0.25, 0.3) is 0 Å². The molecule has 0 spiro atoms. The van der Waals surface area contributed by atoms with Gasteiger partial charge in [0.25, 0.3) is 0 Å². The average Bonchev–Trinajstić information content (AvgIpc) is 3.14. The number of fused-ring (bicyclic) bond motifs is 2. The summed E-state index contributed by atoms with van der Waals surface area (Å²) in [5.41, 5.74) is 6.71. The van der Waals surface area contributed by atoms with Crippen LogP contribution in [-0.4, -0.2) is 66.1 Å². The standard InChI is InChI=1S/C31H39Br2N5O.C2H6/c1-4-35-31(34-3)38-11-7-21(8-12-38)17-27(39)37-13-9-22(10-14-37)29-28-23(15-20(2)16-26(28)33)5-6-24-18-25(32)19-36-30(24)29;1-2/h4,15-16,18-19,21-22,29H,5-14,17H2,1-3H3;1-2H3/b34-31?,35-4-;. The largest absolute Gasteiger partial charge is 0.343 e. The number of aliphatic imine (C=N–C) groups is 2. The van der Waals surface area contributed by atoms with E-state index in [1.165, 1.54) is 32.4 Å². The van der Waals surface area contributed by atoms with E-state index in [4.69, 9.17) is 4.98 Å². The van der Waals surface area contributed by atoms with Crippen molar-refractivity contribution in [2.24, 2.45) is 21.8 Å². The van der Waals surface area contributed by atoms with Gasteiger partial charge in [-0.15, -0.1) is 0 Å². The highest BCUT2D eigenvalue weighted by Crippen LogP contribution is 2.45. The summed E-state index contributed by atoms with van der Waals surface area (Å²) in [6.07, 6.45) is 10.5. The molecule has 0 N–H and O–H groups in total. The van der Waals surface area contributed by atoms with Gasteiger partial charge >= 0.3 is 0 Å². The van der Waals surface area contributed by atoms with Crippen LogP contribution < -0.4 is 0 Å². The molecule has 41 heavy (non-hydrogen) atoms. The molecule has 1 aromatic heterocycles. The number of aromatic nitrogens is 1. The number of guanidine groups is 1. The van der Waals surface area contributed by atoms with E-state index in [-0.39, 0.29) is 5.92 Å². The number of likely N-dealkylation sites (tertiary alicyclic amines) is 2. The van der Waals surface area contributed by atoms with Crippen LogP contribution in [0.4, 0.5) is 0 Å². The predicted octanol–water partition coefficient (Wildman–Crippen LogP) is 7.59. The number of rotatable bonds is 3. The van der Waals surface area contributed by atoms with Gasteiger partial charge in [-0.05, 0) is 115 Å². The molecule has 1 unspecified atom stereocenters.